The number of nitrogens with zero attached hydrogens (tertiary/aromatic N) is 1. The number of hydrogen-bond donors (Lipinski definition) is 1. The molecular formula is C12H24N2. The summed E-state index contributed by atoms with van der Waals surface area (Å²) >= 11 is 0. The van der Waals surface area contributed by atoms with Crippen LogP contribution in [0.25, 0.3) is 0 Å². The normalized spacial score (nSPS) is 22.9. The number of likely N-dealkylation sites (tertiary alicyclic amines) is 1. The molecule has 0 bridgehead atoms. The van der Waals surface area contributed by atoms with Gasteiger partial charge in [0.05, 0.1) is 0 Å². The van der Waals surface area contributed by atoms with Crippen LogP contribution >= 0.6 is 0 Å². The number of rotatable bonds is 6. The van der Waals surface area contributed by atoms with Gasteiger partial charge >= 0.3 is 0 Å². The molecule has 1 heterocycles. The molecular weight excluding hydrogens is 172 g/mol. The Morgan fingerprint density at radius 3 is 2.93 bits per heavy atom. The second-order valence-corrected chi connectivity index (χ2v) is 4.56. The molecule has 1 rings (SSSR count). The van der Waals surface area contributed by atoms with Gasteiger partial charge in [0.15, 0.2) is 0 Å². The summed E-state index contributed by atoms with van der Waals surface area (Å²) in [7, 11) is 0. The van der Waals surface area contributed by atoms with Crippen molar-refractivity contribution < 1.29 is 0 Å². The fourth-order valence-electron chi connectivity index (χ4n) is 1.98. The van der Waals surface area contributed by atoms with Gasteiger partial charge in [-0.1, -0.05) is 20.4 Å². The second kappa shape index (κ2) is 6.20. The molecule has 0 aromatic carbocycles. The number of nitrogens with one attached hydrogen (secondary N) is 1. The minimum Gasteiger partial charge on any atom is -0.313 e. The van der Waals surface area contributed by atoms with Crippen molar-refractivity contribution >= 4 is 0 Å². The minimum absolute atomic E-state index is 0.881. The molecule has 1 atom stereocenters. The first-order chi connectivity index (χ1) is 6.72. The van der Waals surface area contributed by atoms with Gasteiger partial charge in [-0.2, -0.15) is 0 Å². The molecule has 82 valence electrons. The predicted octanol–water partition coefficient (Wildman–Crippen LogP) is 1.88. The number of hydrogen-bond acceptors (Lipinski definition) is 2. The van der Waals surface area contributed by atoms with E-state index in [1.54, 1.807) is 0 Å². The van der Waals surface area contributed by atoms with Crippen molar-refractivity contribution in [3.8, 4) is 0 Å². The summed E-state index contributed by atoms with van der Waals surface area (Å²) in [5.41, 5.74) is 1.33. The Hall–Kier alpha value is -0.340. The third kappa shape index (κ3) is 4.25. The van der Waals surface area contributed by atoms with E-state index in [0.717, 1.165) is 25.6 Å². The highest BCUT2D eigenvalue weighted by atomic mass is 15.1. The van der Waals surface area contributed by atoms with E-state index in [1.807, 2.05) is 0 Å². The van der Waals surface area contributed by atoms with Crippen LogP contribution in [-0.4, -0.2) is 37.6 Å². The SMILES string of the molecule is C=C(CNCCC)CN1CCC(C)C1. The lowest BCUT2D eigenvalue weighted by Gasteiger charge is -2.17. The smallest absolute Gasteiger partial charge is 0.0202 e. The van der Waals surface area contributed by atoms with Gasteiger partial charge in [-0.05, 0) is 37.4 Å². The van der Waals surface area contributed by atoms with Gasteiger partial charge in [0.1, 0.15) is 0 Å². The molecule has 0 spiro atoms. The zero-order valence-corrected chi connectivity index (χ0v) is 9.68. The van der Waals surface area contributed by atoms with E-state index in [9.17, 15) is 0 Å². The Kier molecular flexibility index (Phi) is 5.20. The quantitative estimate of drug-likeness (QED) is 0.515. The Labute approximate surface area is 88.4 Å². The third-order valence-corrected chi connectivity index (χ3v) is 2.76. The van der Waals surface area contributed by atoms with E-state index in [-0.39, 0.29) is 0 Å². The van der Waals surface area contributed by atoms with Gasteiger partial charge in [-0.3, -0.25) is 4.90 Å². The van der Waals surface area contributed by atoms with E-state index >= 15 is 0 Å². The van der Waals surface area contributed by atoms with Gasteiger partial charge in [0.25, 0.3) is 0 Å². The minimum atomic E-state index is 0.881. The van der Waals surface area contributed by atoms with Gasteiger partial charge in [-0.25, -0.2) is 0 Å². The molecule has 14 heavy (non-hydrogen) atoms. The van der Waals surface area contributed by atoms with Crippen LogP contribution in [0.2, 0.25) is 0 Å². The van der Waals surface area contributed by atoms with Crippen molar-refractivity contribution in [3.63, 3.8) is 0 Å². The van der Waals surface area contributed by atoms with Crippen LogP contribution in [0.1, 0.15) is 26.7 Å². The summed E-state index contributed by atoms with van der Waals surface area (Å²) < 4.78 is 0. The first-order valence-corrected chi connectivity index (χ1v) is 5.82. The second-order valence-electron chi connectivity index (χ2n) is 4.56. The molecule has 1 fully saturated rings. The molecule has 2 heteroatoms. The van der Waals surface area contributed by atoms with Crippen LogP contribution in [0.3, 0.4) is 0 Å². The average molecular weight is 196 g/mol. The van der Waals surface area contributed by atoms with Crippen molar-refractivity contribution in [2.24, 2.45) is 5.92 Å². The van der Waals surface area contributed by atoms with Gasteiger partial charge in [0.2, 0.25) is 0 Å². The molecule has 1 aliphatic rings. The molecule has 0 aromatic heterocycles. The lowest BCUT2D eigenvalue weighted by molar-refractivity contribution is 0.353. The summed E-state index contributed by atoms with van der Waals surface area (Å²) in [4.78, 5) is 2.51. The lowest BCUT2D eigenvalue weighted by atomic mass is 10.2. The van der Waals surface area contributed by atoms with Crippen LogP contribution in [0.5, 0.6) is 0 Å². The molecule has 1 unspecified atom stereocenters. The van der Waals surface area contributed by atoms with Crippen LogP contribution in [0.15, 0.2) is 12.2 Å². The molecule has 0 aliphatic carbocycles. The molecule has 1 N–H and O–H groups in total. The van der Waals surface area contributed by atoms with Crippen LogP contribution in [-0.2, 0) is 0 Å². The van der Waals surface area contributed by atoms with Crippen LogP contribution in [0, 0.1) is 5.92 Å². The van der Waals surface area contributed by atoms with Crippen molar-refractivity contribution in [2.45, 2.75) is 26.7 Å². The van der Waals surface area contributed by atoms with E-state index < -0.39 is 0 Å². The maximum atomic E-state index is 4.11. The van der Waals surface area contributed by atoms with E-state index in [2.05, 4.69) is 30.6 Å². The molecule has 1 aliphatic heterocycles. The van der Waals surface area contributed by atoms with E-state index in [4.69, 9.17) is 0 Å². The highest BCUT2D eigenvalue weighted by Crippen LogP contribution is 2.15. The zero-order valence-electron chi connectivity index (χ0n) is 9.68. The molecule has 1 saturated heterocycles. The fourth-order valence-corrected chi connectivity index (χ4v) is 1.98. The highest BCUT2D eigenvalue weighted by molar-refractivity contribution is 5.00. The average Bonchev–Trinajstić information content (AvgIpc) is 2.52. The third-order valence-electron chi connectivity index (χ3n) is 2.76. The Bertz CT molecular complexity index is 177. The molecule has 0 amide bonds. The van der Waals surface area contributed by atoms with Crippen LogP contribution in [0.4, 0.5) is 0 Å². The van der Waals surface area contributed by atoms with Gasteiger partial charge in [-0.15, -0.1) is 0 Å². The summed E-state index contributed by atoms with van der Waals surface area (Å²) in [5.74, 6) is 0.881. The van der Waals surface area contributed by atoms with Gasteiger partial charge in [0, 0.05) is 19.6 Å². The van der Waals surface area contributed by atoms with Crippen molar-refractivity contribution in [1.29, 1.82) is 0 Å². The van der Waals surface area contributed by atoms with E-state index in [0.29, 0.717) is 0 Å². The van der Waals surface area contributed by atoms with Crippen molar-refractivity contribution in [1.82, 2.24) is 10.2 Å². The molecule has 0 radical (unpaired) electrons. The summed E-state index contributed by atoms with van der Waals surface area (Å²) in [5, 5.41) is 3.39. The Morgan fingerprint density at radius 1 is 1.57 bits per heavy atom. The zero-order chi connectivity index (χ0) is 10.4. The highest BCUT2D eigenvalue weighted by Gasteiger charge is 2.18. The van der Waals surface area contributed by atoms with Gasteiger partial charge < -0.3 is 5.32 Å². The summed E-state index contributed by atoms with van der Waals surface area (Å²) in [6.45, 7) is 14.3. The molecule has 2 nitrogen and oxygen atoms in total. The van der Waals surface area contributed by atoms with Crippen molar-refractivity contribution in [3.05, 3.63) is 12.2 Å². The maximum absolute atomic E-state index is 4.11. The summed E-state index contributed by atoms with van der Waals surface area (Å²) in [6.07, 6.45) is 2.56. The predicted molar refractivity (Wildman–Crippen MR) is 62.5 cm³/mol. The summed E-state index contributed by atoms with van der Waals surface area (Å²) in [6, 6.07) is 0. The van der Waals surface area contributed by atoms with Crippen molar-refractivity contribution in [2.75, 3.05) is 32.7 Å². The first-order valence-electron chi connectivity index (χ1n) is 5.82. The standard InChI is InChI=1S/C12H24N2/c1-4-6-13-8-12(3)10-14-7-5-11(2)9-14/h11,13H,3-10H2,1-2H3. The Balaban J connectivity index is 2.08. The molecule has 0 saturated carbocycles. The maximum Gasteiger partial charge on any atom is 0.0202 e. The largest absolute Gasteiger partial charge is 0.313 e. The Morgan fingerprint density at radius 2 is 2.36 bits per heavy atom. The topological polar surface area (TPSA) is 15.3 Å². The molecule has 0 aromatic rings. The fraction of sp³-hybridized carbons (Fsp3) is 0.833. The first kappa shape index (κ1) is 11.7. The lowest BCUT2D eigenvalue weighted by Crippen LogP contribution is -2.27. The van der Waals surface area contributed by atoms with Crippen LogP contribution < -0.4 is 5.32 Å². The monoisotopic (exact) mass is 196 g/mol. The van der Waals surface area contributed by atoms with E-state index in [1.165, 1.54) is 31.5 Å².